The van der Waals surface area contributed by atoms with E-state index in [1.54, 1.807) is 11.3 Å². The fraction of sp³-hybridized carbons (Fsp3) is 0.333. The summed E-state index contributed by atoms with van der Waals surface area (Å²) in [6.45, 7) is 2.92. The van der Waals surface area contributed by atoms with Gasteiger partial charge in [-0.3, -0.25) is 0 Å². The first kappa shape index (κ1) is 13.3. The molecule has 0 fully saturated rings. The Bertz CT molecular complexity index is 451. The molecule has 2 nitrogen and oxygen atoms in total. The van der Waals surface area contributed by atoms with Crippen LogP contribution in [0.2, 0.25) is 0 Å². The minimum Gasteiger partial charge on any atom is -0.319 e. The van der Waals surface area contributed by atoms with Crippen molar-refractivity contribution in [3.05, 3.63) is 57.8 Å². The van der Waals surface area contributed by atoms with Gasteiger partial charge in [0.2, 0.25) is 0 Å². The first-order valence-electron chi connectivity index (χ1n) is 6.33. The largest absolute Gasteiger partial charge is 0.319 e. The van der Waals surface area contributed by atoms with Crippen LogP contribution in [-0.4, -0.2) is 13.6 Å². The van der Waals surface area contributed by atoms with Gasteiger partial charge < -0.3 is 10.6 Å². The quantitative estimate of drug-likeness (QED) is 0.800. The lowest BCUT2D eigenvalue weighted by molar-refractivity contribution is 0.685. The van der Waals surface area contributed by atoms with Gasteiger partial charge in [0, 0.05) is 13.1 Å². The predicted octanol–water partition coefficient (Wildman–Crippen LogP) is 2.80. The van der Waals surface area contributed by atoms with Crippen LogP contribution < -0.4 is 10.6 Å². The van der Waals surface area contributed by atoms with E-state index < -0.39 is 0 Å². The van der Waals surface area contributed by atoms with Crippen molar-refractivity contribution >= 4 is 11.3 Å². The summed E-state index contributed by atoms with van der Waals surface area (Å²) >= 11 is 1.75. The normalized spacial score (nSPS) is 10.7. The van der Waals surface area contributed by atoms with E-state index >= 15 is 0 Å². The summed E-state index contributed by atoms with van der Waals surface area (Å²) in [6, 6.07) is 10.8. The number of rotatable bonds is 7. The van der Waals surface area contributed by atoms with E-state index in [2.05, 4.69) is 51.7 Å². The van der Waals surface area contributed by atoms with Crippen LogP contribution in [0.25, 0.3) is 0 Å². The molecule has 0 radical (unpaired) electrons. The Kier molecular flexibility index (Phi) is 5.39. The van der Waals surface area contributed by atoms with Crippen LogP contribution in [0, 0.1) is 0 Å². The summed E-state index contributed by atoms with van der Waals surface area (Å²) in [6.07, 6.45) is 1.09. The fourth-order valence-corrected chi connectivity index (χ4v) is 2.64. The highest BCUT2D eigenvalue weighted by molar-refractivity contribution is 7.07. The fourth-order valence-electron chi connectivity index (χ4n) is 1.97. The monoisotopic (exact) mass is 260 g/mol. The zero-order chi connectivity index (χ0) is 12.6. The molecule has 0 spiro atoms. The molecule has 0 aliphatic rings. The summed E-state index contributed by atoms with van der Waals surface area (Å²) in [7, 11) is 2.00. The van der Waals surface area contributed by atoms with E-state index in [0.717, 1.165) is 26.1 Å². The lowest BCUT2D eigenvalue weighted by atomic mass is 10.0. The molecule has 2 N–H and O–H groups in total. The summed E-state index contributed by atoms with van der Waals surface area (Å²) < 4.78 is 0. The van der Waals surface area contributed by atoms with Gasteiger partial charge in [0.25, 0.3) is 0 Å². The van der Waals surface area contributed by atoms with Crippen LogP contribution in [0.3, 0.4) is 0 Å². The number of hydrogen-bond acceptors (Lipinski definition) is 3. The lowest BCUT2D eigenvalue weighted by Gasteiger charge is -2.10. The molecular formula is C15H20N2S. The van der Waals surface area contributed by atoms with Crippen LogP contribution in [0.15, 0.2) is 41.1 Å². The van der Waals surface area contributed by atoms with Crippen LogP contribution in [0.4, 0.5) is 0 Å². The average Bonchev–Trinajstić information content (AvgIpc) is 2.91. The van der Waals surface area contributed by atoms with Crippen molar-refractivity contribution in [3.63, 3.8) is 0 Å². The molecule has 0 saturated carbocycles. The van der Waals surface area contributed by atoms with Crippen molar-refractivity contribution in [1.82, 2.24) is 10.6 Å². The van der Waals surface area contributed by atoms with Gasteiger partial charge in [-0.15, -0.1) is 0 Å². The average molecular weight is 260 g/mol. The van der Waals surface area contributed by atoms with Crippen LogP contribution in [0.1, 0.15) is 16.7 Å². The van der Waals surface area contributed by atoms with Crippen LogP contribution in [0.5, 0.6) is 0 Å². The second-order valence-corrected chi connectivity index (χ2v) is 5.14. The number of nitrogens with one attached hydrogen (secondary N) is 2. The highest BCUT2D eigenvalue weighted by Gasteiger charge is 2.01. The number of hydrogen-bond donors (Lipinski definition) is 2. The SMILES string of the molecule is CNCCc1ccccc1CNCc1ccsc1. The zero-order valence-corrected chi connectivity index (χ0v) is 11.6. The Labute approximate surface area is 113 Å². The highest BCUT2D eigenvalue weighted by Crippen LogP contribution is 2.10. The van der Waals surface area contributed by atoms with Gasteiger partial charge >= 0.3 is 0 Å². The van der Waals surface area contributed by atoms with Crippen molar-refractivity contribution in [2.24, 2.45) is 0 Å². The maximum Gasteiger partial charge on any atom is 0.0216 e. The molecule has 0 bridgehead atoms. The van der Waals surface area contributed by atoms with E-state index in [9.17, 15) is 0 Å². The van der Waals surface area contributed by atoms with Crippen molar-refractivity contribution in [3.8, 4) is 0 Å². The first-order valence-corrected chi connectivity index (χ1v) is 7.27. The summed E-state index contributed by atoms with van der Waals surface area (Å²) in [5.74, 6) is 0. The molecular weight excluding hydrogens is 240 g/mol. The summed E-state index contributed by atoms with van der Waals surface area (Å²) in [4.78, 5) is 0. The molecule has 1 aromatic heterocycles. The van der Waals surface area contributed by atoms with E-state index in [0.29, 0.717) is 0 Å². The number of likely N-dealkylation sites (N-methyl/N-ethyl adjacent to an activating group) is 1. The molecule has 2 rings (SSSR count). The van der Waals surface area contributed by atoms with E-state index in [1.807, 2.05) is 7.05 Å². The Morgan fingerprint density at radius 2 is 1.89 bits per heavy atom. The maximum absolute atomic E-state index is 3.51. The van der Waals surface area contributed by atoms with E-state index in [1.165, 1.54) is 16.7 Å². The van der Waals surface area contributed by atoms with E-state index in [4.69, 9.17) is 0 Å². The molecule has 1 aromatic carbocycles. The van der Waals surface area contributed by atoms with Gasteiger partial charge in [0.1, 0.15) is 0 Å². The predicted molar refractivity (Wildman–Crippen MR) is 78.9 cm³/mol. The number of benzene rings is 1. The van der Waals surface area contributed by atoms with Crippen LogP contribution >= 0.6 is 11.3 Å². The standard InChI is InChI=1S/C15H20N2S/c1-16-8-6-14-4-2-3-5-15(14)11-17-10-13-7-9-18-12-13/h2-5,7,9,12,16-17H,6,8,10-11H2,1H3. The van der Waals surface area contributed by atoms with Crippen molar-refractivity contribution in [2.45, 2.75) is 19.5 Å². The van der Waals surface area contributed by atoms with E-state index in [-0.39, 0.29) is 0 Å². The number of thiophene rings is 1. The van der Waals surface area contributed by atoms with Crippen molar-refractivity contribution < 1.29 is 0 Å². The van der Waals surface area contributed by atoms with Gasteiger partial charge in [0.05, 0.1) is 0 Å². The highest BCUT2D eigenvalue weighted by atomic mass is 32.1. The minimum absolute atomic E-state index is 0.940. The smallest absolute Gasteiger partial charge is 0.0216 e. The maximum atomic E-state index is 3.51. The molecule has 0 unspecified atom stereocenters. The Morgan fingerprint density at radius 1 is 1.06 bits per heavy atom. The third-order valence-corrected chi connectivity index (χ3v) is 3.72. The van der Waals surface area contributed by atoms with Gasteiger partial charge in [-0.2, -0.15) is 11.3 Å². The molecule has 3 heteroatoms. The van der Waals surface area contributed by atoms with Gasteiger partial charge in [0.15, 0.2) is 0 Å². The van der Waals surface area contributed by atoms with Gasteiger partial charge in [-0.1, -0.05) is 24.3 Å². The molecule has 18 heavy (non-hydrogen) atoms. The molecule has 0 amide bonds. The lowest BCUT2D eigenvalue weighted by Crippen LogP contribution is -2.16. The Balaban J connectivity index is 1.87. The molecule has 0 aliphatic carbocycles. The second kappa shape index (κ2) is 7.31. The Hall–Kier alpha value is -1.16. The van der Waals surface area contributed by atoms with Crippen molar-refractivity contribution in [1.29, 1.82) is 0 Å². The van der Waals surface area contributed by atoms with Crippen molar-refractivity contribution in [2.75, 3.05) is 13.6 Å². The minimum atomic E-state index is 0.940. The third-order valence-electron chi connectivity index (χ3n) is 2.99. The third kappa shape index (κ3) is 3.95. The second-order valence-electron chi connectivity index (χ2n) is 4.36. The van der Waals surface area contributed by atoms with Crippen LogP contribution in [-0.2, 0) is 19.5 Å². The molecule has 0 saturated heterocycles. The summed E-state index contributed by atoms with van der Waals surface area (Å²) in [5, 5.41) is 11.0. The van der Waals surface area contributed by atoms with Gasteiger partial charge in [-0.05, 0) is 53.5 Å². The van der Waals surface area contributed by atoms with Gasteiger partial charge in [-0.25, -0.2) is 0 Å². The molecule has 96 valence electrons. The molecule has 0 aliphatic heterocycles. The zero-order valence-electron chi connectivity index (χ0n) is 10.8. The Morgan fingerprint density at radius 3 is 2.61 bits per heavy atom. The summed E-state index contributed by atoms with van der Waals surface area (Å²) in [5.41, 5.74) is 4.21. The molecule has 2 aromatic rings. The first-order chi connectivity index (χ1) is 8.90. The molecule has 1 heterocycles. The molecule has 0 atom stereocenters. The topological polar surface area (TPSA) is 24.1 Å².